The van der Waals surface area contributed by atoms with Crippen LogP contribution in [0.4, 0.5) is 18.9 Å². The average Bonchev–Trinajstić information content (AvgIpc) is 3.60. The summed E-state index contributed by atoms with van der Waals surface area (Å²) in [6.07, 6.45) is 1.31. The Hall–Kier alpha value is -3.10. The molecular formula is C29H35F3N2O7S2. The number of sulfone groups is 1. The summed E-state index contributed by atoms with van der Waals surface area (Å²) in [5, 5.41) is 17.4. The van der Waals surface area contributed by atoms with Crippen LogP contribution in [0.2, 0.25) is 0 Å². The zero-order chi connectivity index (χ0) is 31.5. The van der Waals surface area contributed by atoms with Crippen molar-refractivity contribution in [2.24, 2.45) is 5.92 Å². The molecule has 14 heteroatoms. The second-order valence-corrected chi connectivity index (χ2v) is 14.3. The summed E-state index contributed by atoms with van der Waals surface area (Å²) in [6.45, 7) is 0.810. The number of thiophene rings is 1. The molecule has 3 aromatic rings. The Kier molecular flexibility index (Phi) is 10.1. The number of methoxy groups -OCH3 is 1. The third-order valence-electron chi connectivity index (χ3n) is 7.89. The minimum absolute atomic E-state index is 0.00570. The van der Waals surface area contributed by atoms with Crippen LogP contribution < -0.4 is 4.90 Å². The summed E-state index contributed by atoms with van der Waals surface area (Å²) in [5.74, 6) is -2.97. The number of aromatic nitrogens is 1. The molecule has 0 bridgehead atoms. The van der Waals surface area contributed by atoms with Crippen molar-refractivity contribution in [3.8, 4) is 11.3 Å². The van der Waals surface area contributed by atoms with E-state index in [1.807, 2.05) is 30.1 Å². The number of fused-ring (bicyclic) bond motifs is 1. The second kappa shape index (κ2) is 13.3. The summed E-state index contributed by atoms with van der Waals surface area (Å²) in [5.41, 5.74) is 5.01. The number of rotatable bonds is 8. The normalized spacial score (nSPS) is 18.8. The van der Waals surface area contributed by atoms with Gasteiger partial charge in [-0.3, -0.25) is 0 Å². The van der Waals surface area contributed by atoms with Crippen molar-refractivity contribution < 1.29 is 46.1 Å². The first-order valence-corrected chi connectivity index (χ1v) is 16.6. The fourth-order valence-corrected chi connectivity index (χ4v) is 9.31. The maximum atomic E-state index is 12.5. The highest BCUT2D eigenvalue weighted by molar-refractivity contribution is 7.91. The van der Waals surface area contributed by atoms with E-state index in [-0.39, 0.29) is 17.4 Å². The number of hydrogen-bond acceptors (Lipinski definition) is 7. The fraction of sp³-hybridized carbons (Fsp3) is 0.517. The van der Waals surface area contributed by atoms with Crippen molar-refractivity contribution >= 4 is 49.0 Å². The van der Waals surface area contributed by atoms with Gasteiger partial charge in [-0.15, -0.1) is 11.3 Å². The van der Waals surface area contributed by atoms with Gasteiger partial charge in [-0.05, 0) is 42.2 Å². The molecule has 236 valence electrons. The molecular weight excluding hydrogens is 609 g/mol. The Morgan fingerprint density at radius 2 is 1.72 bits per heavy atom. The van der Waals surface area contributed by atoms with Gasteiger partial charge in [-0.1, -0.05) is 49.6 Å². The van der Waals surface area contributed by atoms with E-state index >= 15 is 0 Å². The Bertz CT molecular complexity index is 1560. The van der Waals surface area contributed by atoms with Crippen LogP contribution in [0.3, 0.4) is 0 Å². The number of carboxylic acid groups (broad SMARTS) is 2. The van der Waals surface area contributed by atoms with Crippen LogP contribution in [-0.2, 0) is 26.1 Å². The first-order valence-electron chi connectivity index (χ1n) is 13.9. The predicted octanol–water partition coefficient (Wildman–Crippen LogP) is 6.22. The van der Waals surface area contributed by atoms with Crippen molar-refractivity contribution in [1.82, 2.24) is 4.57 Å². The van der Waals surface area contributed by atoms with E-state index in [0.717, 1.165) is 34.3 Å². The summed E-state index contributed by atoms with van der Waals surface area (Å²) < 4.78 is 64.8. The summed E-state index contributed by atoms with van der Waals surface area (Å²) >= 11 is 1.36. The number of halogens is 3. The predicted molar refractivity (Wildman–Crippen MR) is 159 cm³/mol. The van der Waals surface area contributed by atoms with E-state index in [4.69, 9.17) is 14.6 Å². The Morgan fingerprint density at radius 3 is 2.23 bits per heavy atom. The van der Waals surface area contributed by atoms with E-state index < -0.39 is 28.0 Å². The molecule has 1 saturated carbocycles. The van der Waals surface area contributed by atoms with Gasteiger partial charge in [0.15, 0.2) is 9.84 Å². The highest BCUT2D eigenvalue weighted by Gasteiger charge is 2.38. The van der Waals surface area contributed by atoms with E-state index in [0.29, 0.717) is 36.2 Å². The molecule has 0 radical (unpaired) electrons. The molecule has 5 rings (SSSR count). The minimum Gasteiger partial charge on any atom is -0.477 e. The Morgan fingerprint density at radius 1 is 1.09 bits per heavy atom. The monoisotopic (exact) mass is 644 g/mol. The third kappa shape index (κ3) is 7.35. The van der Waals surface area contributed by atoms with Gasteiger partial charge in [0.25, 0.3) is 0 Å². The summed E-state index contributed by atoms with van der Waals surface area (Å²) in [7, 11) is 0.545. The lowest BCUT2D eigenvalue weighted by Gasteiger charge is -2.24. The first kappa shape index (κ1) is 32.8. The molecule has 1 aliphatic heterocycles. The van der Waals surface area contributed by atoms with Crippen LogP contribution in [0, 0.1) is 5.92 Å². The number of ether oxygens (including phenoxy) is 1. The molecule has 2 N–H and O–H groups in total. The van der Waals surface area contributed by atoms with Crippen molar-refractivity contribution in [2.45, 2.75) is 57.3 Å². The molecule has 2 fully saturated rings. The lowest BCUT2D eigenvalue weighted by Crippen LogP contribution is -2.27. The van der Waals surface area contributed by atoms with E-state index in [1.165, 1.54) is 36.2 Å². The van der Waals surface area contributed by atoms with Crippen molar-refractivity contribution in [3.63, 3.8) is 0 Å². The Labute approximate surface area is 251 Å². The lowest BCUT2D eigenvalue weighted by atomic mass is 9.83. The smallest absolute Gasteiger partial charge is 0.477 e. The molecule has 3 heterocycles. The molecule has 1 aromatic carbocycles. The molecule has 2 aromatic heterocycles. The number of carboxylic acids is 2. The van der Waals surface area contributed by atoms with Crippen LogP contribution in [0.25, 0.3) is 21.5 Å². The second-order valence-electron chi connectivity index (χ2n) is 11.0. The molecule has 9 nitrogen and oxygen atoms in total. The number of carbonyl (C=O) groups is 2. The standard InChI is InChI=1S/C27H34N2O5S2.C2HF3O2/c1-28(15-18-13-14-36(32,33)16-18)23-24-25(35-26(23)27(30)31)21(19-9-5-3-6-10-19)22(29(24)17-34-2)20-11-7-4-8-12-20;3-2(4,5)1(6)7/h4,7-8,11-12,18-19H,3,5-6,9-10,13-17H2,1-2H3,(H,30,31);(H,6,7). The van der Waals surface area contributed by atoms with Gasteiger partial charge >= 0.3 is 18.1 Å². The van der Waals surface area contributed by atoms with Gasteiger partial charge in [0.05, 0.1) is 33.1 Å². The van der Waals surface area contributed by atoms with Gasteiger partial charge in [0.2, 0.25) is 0 Å². The Balaban J connectivity index is 0.000000541. The highest BCUT2D eigenvalue weighted by Crippen LogP contribution is 2.50. The molecule has 43 heavy (non-hydrogen) atoms. The number of aromatic carboxylic acids is 1. The zero-order valence-corrected chi connectivity index (χ0v) is 25.5. The van der Waals surface area contributed by atoms with Gasteiger partial charge in [0, 0.05) is 20.7 Å². The molecule has 1 atom stereocenters. The fourth-order valence-electron chi connectivity index (χ4n) is 6.14. The van der Waals surface area contributed by atoms with Crippen LogP contribution in [-0.4, -0.2) is 73.5 Å². The topological polar surface area (TPSA) is 126 Å². The highest BCUT2D eigenvalue weighted by atomic mass is 32.2. The van der Waals surface area contributed by atoms with Gasteiger partial charge in [-0.25, -0.2) is 18.0 Å². The largest absolute Gasteiger partial charge is 0.490 e. The molecule has 0 spiro atoms. The van der Waals surface area contributed by atoms with Gasteiger partial charge in [0.1, 0.15) is 11.6 Å². The first-order chi connectivity index (χ1) is 20.2. The number of nitrogens with zero attached hydrogens (tertiary/aromatic N) is 2. The maximum Gasteiger partial charge on any atom is 0.490 e. The van der Waals surface area contributed by atoms with E-state index in [9.17, 15) is 31.5 Å². The number of benzene rings is 1. The summed E-state index contributed by atoms with van der Waals surface area (Å²) in [4.78, 5) is 23.7. The van der Waals surface area contributed by atoms with Crippen LogP contribution >= 0.6 is 11.3 Å². The molecule has 1 aliphatic carbocycles. The van der Waals surface area contributed by atoms with E-state index in [2.05, 4.69) is 16.7 Å². The molecule has 2 aliphatic rings. The number of anilines is 1. The molecule has 1 unspecified atom stereocenters. The van der Waals surface area contributed by atoms with Crippen LogP contribution in [0.5, 0.6) is 0 Å². The van der Waals surface area contributed by atoms with E-state index in [1.54, 1.807) is 7.11 Å². The van der Waals surface area contributed by atoms with Gasteiger partial charge < -0.3 is 24.4 Å². The lowest BCUT2D eigenvalue weighted by molar-refractivity contribution is -0.192. The number of hydrogen-bond donors (Lipinski definition) is 2. The van der Waals surface area contributed by atoms with Gasteiger partial charge in [-0.2, -0.15) is 13.2 Å². The van der Waals surface area contributed by atoms with Crippen LogP contribution in [0.1, 0.15) is 59.7 Å². The van der Waals surface area contributed by atoms with Crippen molar-refractivity contribution in [2.75, 3.05) is 37.1 Å². The number of alkyl halides is 3. The molecule has 0 amide bonds. The zero-order valence-electron chi connectivity index (χ0n) is 23.9. The maximum absolute atomic E-state index is 12.5. The average molecular weight is 645 g/mol. The SMILES string of the molecule is COCn1c(-c2ccccc2)c(C2CCCCC2)c2sc(C(=O)O)c(N(C)CC3CCS(=O)(=O)C3)c21.O=C(O)C(F)(F)F. The van der Waals surface area contributed by atoms with Crippen molar-refractivity contribution in [3.05, 3.63) is 40.8 Å². The number of aliphatic carboxylic acids is 1. The minimum atomic E-state index is -5.08. The molecule has 1 saturated heterocycles. The summed E-state index contributed by atoms with van der Waals surface area (Å²) in [6, 6.07) is 10.3. The van der Waals surface area contributed by atoms with Crippen LogP contribution in [0.15, 0.2) is 30.3 Å². The quantitative estimate of drug-likeness (QED) is 0.296. The van der Waals surface area contributed by atoms with Crippen molar-refractivity contribution in [1.29, 1.82) is 0 Å². The third-order valence-corrected chi connectivity index (χ3v) is 10.9.